The molecule has 0 spiro atoms. The molecule has 4 aliphatic carbocycles. The predicted octanol–water partition coefficient (Wildman–Crippen LogP) is 2.60. The zero-order valence-electron chi connectivity index (χ0n) is 29.2. The summed E-state index contributed by atoms with van der Waals surface area (Å²) in [6, 6.07) is -3.36. The Kier molecular flexibility index (Phi) is 9.20. The zero-order valence-corrected chi connectivity index (χ0v) is 30.0. The van der Waals surface area contributed by atoms with Gasteiger partial charge in [-0.05, 0) is 73.5 Å². The van der Waals surface area contributed by atoms with Crippen LogP contribution in [0.2, 0.25) is 0 Å². The van der Waals surface area contributed by atoms with E-state index >= 15 is 0 Å². The molecule has 0 radical (unpaired) electrons. The van der Waals surface area contributed by atoms with Gasteiger partial charge in [-0.25, -0.2) is 13.2 Å². The number of hydrogen-bond donors (Lipinski definition) is 4. The maximum Gasteiger partial charge on any atom is 0.315 e. The van der Waals surface area contributed by atoms with Crippen LogP contribution in [0.3, 0.4) is 0 Å². The van der Waals surface area contributed by atoms with E-state index in [1.165, 1.54) is 0 Å². The van der Waals surface area contributed by atoms with Crippen molar-refractivity contribution >= 4 is 39.4 Å². The smallest absolute Gasteiger partial charge is 0.315 e. The van der Waals surface area contributed by atoms with E-state index in [1.807, 2.05) is 20.8 Å². The number of amides is 5. The van der Waals surface area contributed by atoms with Gasteiger partial charge in [-0.3, -0.25) is 19.2 Å². The van der Waals surface area contributed by atoms with Gasteiger partial charge in [-0.1, -0.05) is 66.7 Å². The summed E-state index contributed by atoms with van der Waals surface area (Å²) in [5.74, 6) is -1.77. The van der Waals surface area contributed by atoms with Crippen LogP contribution in [-0.2, 0) is 29.0 Å². The summed E-state index contributed by atoms with van der Waals surface area (Å²) in [5, 5.41) is 11.0. The minimum absolute atomic E-state index is 0.0179. The van der Waals surface area contributed by atoms with Crippen LogP contribution < -0.4 is 21.3 Å². The normalized spacial score (nSPS) is 31.1. The fourth-order valence-electron chi connectivity index (χ4n) is 8.96. The van der Waals surface area contributed by atoms with Crippen molar-refractivity contribution in [3.63, 3.8) is 0 Å². The van der Waals surface area contributed by atoms with Crippen LogP contribution in [0, 0.1) is 28.6 Å². The van der Waals surface area contributed by atoms with E-state index in [1.54, 1.807) is 4.90 Å². The lowest BCUT2D eigenvalue weighted by molar-refractivity contribution is -0.145. The van der Waals surface area contributed by atoms with Gasteiger partial charge in [0.05, 0.1) is 22.6 Å². The molecule has 0 aromatic carbocycles. The van der Waals surface area contributed by atoms with E-state index in [2.05, 4.69) is 35.1 Å². The lowest BCUT2D eigenvalue weighted by Crippen LogP contribution is -2.65. The number of urea groups is 1. The molecule has 6 atom stereocenters. The van der Waals surface area contributed by atoms with Crippen molar-refractivity contribution in [2.24, 2.45) is 28.6 Å². The number of piperidine rings is 1. The van der Waals surface area contributed by atoms with Crippen molar-refractivity contribution in [3.05, 3.63) is 0 Å². The molecule has 2 heterocycles. The number of nitrogens with one attached hydrogen (secondary N) is 4. The summed E-state index contributed by atoms with van der Waals surface area (Å²) in [6.45, 7) is 10.1. The highest BCUT2D eigenvalue weighted by atomic mass is 32.2. The third-order valence-electron chi connectivity index (χ3n) is 12.2. The van der Waals surface area contributed by atoms with E-state index in [4.69, 9.17) is 0 Å². The van der Waals surface area contributed by atoms with E-state index in [9.17, 15) is 32.4 Å². The van der Waals surface area contributed by atoms with Gasteiger partial charge in [0, 0.05) is 12.6 Å². The second-order valence-electron chi connectivity index (χ2n) is 17.4. The molecule has 268 valence electrons. The van der Waals surface area contributed by atoms with Gasteiger partial charge >= 0.3 is 6.03 Å². The lowest BCUT2D eigenvalue weighted by Gasteiger charge is -2.43. The molecule has 0 aromatic heterocycles. The summed E-state index contributed by atoms with van der Waals surface area (Å²) < 4.78 is 26.1. The molecule has 13 heteroatoms. The molecule has 2 unspecified atom stereocenters. The fourth-order valence-corrected chi connectivity index (χ4v) is 11.3. The summed E-state index contributed by atoms with van der Waals surface area (Å²) in [6.07, 6.45) is 8.85. The SMILES string of the molecule is CC(C)(C)[C@H](NC(=O)NC1(C2CCCS2(=O)=O)CCCCC1)C(=O)N1C[C@H]2[C@@H]([C@H]1C(=O)NC(CC1CC1)C(=O)C(=O)NC1CC1)C2(C)C. The fraction of sp³-hybridized carbons (Fsp3) is 0.857. The van der Waals surface area contributed by atoms with Crippen molar-refractivity contribution in [2.45, 2.75) is 147 Å². The number of sulfone groups is 1. The number of rotatable bonds is 11. The summed E-state index contributed by atoms with van der Waals surface area (Å²) in [4.78, 5) is 69.9. The van der Waals surface area contributed by atoms with Gasteiger partial charge in [0.25, 0.3) is 5.91 Å². The van der Waals surface area contributed by atoms with Gasteiger partial charge in [0.15, 0.2) is 9.84 Å². The molecule has 2 saturated heterocycles. The van der Waals surface area contributed by atoms with Crippen LogP contribution in [0.25, 0.3) is 0 Å². The van der Waals surface area contributed by atoms with E-state index < -0.39 is 67.8 Å². The average molecular weight is 690 g/mol. The highest BCUT2D eigenvalue weighted by Gasteiger charge is 2.70. The van der Waals surface area contributed by atoms with Crippen LogP contribution in [0.5, 0.6) is 0 Å². The van der Waals surface area contributed by atoms with E-state index in [0.29, 0.717) is 38.6 Å². The van der Waals surface area contributed by atoms with Crippen LogP contribution >= 0.6 is 0 Å². The Balaban J connectivity index is 1.19. The van der Waals surface area contributed by atoms with Crippen LogP contribution in [0.1, 0.15) is 112 Å². The molecular weight excluding hydrogens is 634 g/mol. The van der Waals surface area contributed by atoms with Gasteiger partial charge in [-0.2, -0.15) is 0 Å². The molecule has 6 fully saturated rings. The van der Waals surface area contributed by atoms with Crippen molar-refractivity contribution in [3.8, 4) is 0 Å². The molecule has 4 saturated carbocycles. The Morgan fingerprint density at radius 3 is 2.12 bits per heavy atom. The molecule has 0 bridgehead atoms. The van der Waals surface area contributed by atoms with Crippen LogP contribution in [0.15, 0.2) is 0 Å². The minimum Gasteiger partial charge on any atom is -0.347 e. The summed E-state index contributed by atoms with van der Waals surface area (Å²) in [7, 11) is -3.35. The topological polar surface area (TPSA) is 171 Å². The second kappa shape index (κ2) is 12.6. The van der Waals surface area contributed by atoms with Gasteiger partial charge < -0.3 is 26.2 Å². The number of carbonyl (C=O) groups is 5. The molecule has 5 amide bonds. The van der Waals surface area contributed by atoms with Gasteiger partial charge in [0.2, 0.25) is 17.6 Å². The number of ketones is 1. The second-order valence-corrected chi connectivity index (χ2v) is 19.7. The van der Waals surface area contributed by atoms with Crippen molar-refractivity contribution in [1.82, 2.24) is 26.2 Å². The molecule has 0 aromatic rings. The van der Waals surface area contributed by atoms with E-state index in [0.717, 1.165) is 44.9 Å². The Morgan fingerprint density at radius 1 is 0.896 bits per heavy atom. The Bertz CT molecular complexity index is 1440. The molecular formula is C35H55N5O7S. The first-order chi connectivity index (χ1) is 22.4. The minimum atomic E-state index is -3.35. The number of hydrogen-bond acceptors (Lipinski definition) is 7. The highest BCUT2D eigenvalue weighted by molar-refractivity contribution is 7.92. The first-order valence-electron chi connectivity index (χ1n) is 18.2. The summed E-state index contributed by atoms with van der Waals surface area (Å²) in [5.41, 5.74) is -1.79. The van der Waals surface area contributed by atoms with Crippen molar-refractivity contribution in [1.29, 1.82) is 0 Å². The Labute approximate surface area is 285 Å². The number of nitrogens with zero attached hydrogens (tertiary/aromatic N) is 1. The molecule has 4 N–H and O–H groups in total. The monoisotopic (exact) mass is 689 g/mol. The first-order valence-corrected chi connectivity index (χ1v) is 19.9. The van der Waals surface area contributed by atoms with Crippen molar-refractivity contribution in [2.75, 3.05) is 12.3 Å². The van der Waals surface area contributed by atoms with Crippen LogP contribution in [-0.4, -0.2) is 90.1 Å². The number of fused-ring (bicyclic) bond motifs is 1. The standard InChI is InChI=1S/C35H55N5O7S/c1-33(2,3)28(38-32(45)39-35(15-7-6-8-16-35)24-10-9-17-48(24,46)47)31(44)40-19-22-25(34(22,4)5)26(40)29(42)37-23(18-20-11-12-20)27(41)30(43)36-21-13-14-21/h20-26,28H,6-19H2,1-5H3,(H,36,43)(H,37,42)(H2,38,39,45)/t22-,23?,24?,25-,26-,28+/m0/s1. The number of Topliss-reactive ketones (excluding diaryl/α,β-unsaturated/α-hetero) is 1. The van der Waals surface area contributed by atoms with E-state index in [-0.39, 0.29) is 40.9 Å². The first kappa shape index (κ1) is 35.1. The maximum absolute atomic E-state index is 14.5. The largest absolute Gasteiger partial charge is 0.347 e. The quantitative estimate of drug-likeness (QED) is 0.242. The maximum atomic E-state index is 14.5. The zero-order chi connectivity index (χ0) is 34.8. The lowest BCUT2D eigenvalue weighted by atomic mass is 9.78. The van der Waals surface area contributed by atoms with Crippen LogP contribution in [0.4, 0.5) is 4.79 Å². The molecule has 2 aliphatic heterocycles. The third-order valence-corrected chi connectivity index (χ3v) is 14.6. The highest BCUT2D eigenvalue weighted by Crippen LogP contribution is 2.65. The average Bonchev–Trinajstić information content (AvgIpc) is 3.96. The number of carbonyl (C=O) groups excluding carboxylic acids is 5. The van der Waals surface area contributed by atoms with Gasteiger partial charge in [-0.15, -0.1) is 0 Å². The molecule has 48 heavy (non-hydrogen) atoms. The molecule has 6 rings (SSSR count). The summed E-state index contributed by atoms with van der Waals surface area (Å²) >= 11 is 0. The molecule has 6 aliphatic rings. The predicted molar refractivity (Wildman–Crippen MR) is 179 cm³/mol. The van der Waals surface area contributed by atoms with Gasteiger partial charge in [0.1, 0.15) is 12.1 Å². The number of likely N-dealkylation sites (tertiary alicyclic amines) is 1. The Hall–Kier alpha value is -2.70. The third kappa shape index (κ3) is 6.99. The van der Waals surface area contributed by atoms with Crippen molar-refractivity contribution < 1.29 is 32.4 Å². The Morgan fingerprint density at radius 2 is 1.56 bits per heavy atom. The molecule has 12 nitrogen and oxygen atoms in total.